The number of aromatic amines is 1. The van der Waals surface area contributed by atoms with E-state index in [-0.39, 0.29) is 17.1 Å². The maximum absolute atomic E-state index is 13.4. The van der Waals surface area contributed by atoms with Crippen molar-refractivity contribution in [3.63, 3.8) is 0 Å². The van der Waals surface area contributed by atoms with Gasteiger partial charge in [-0.1, -0.05) is 32.0 Å². The molecule has 3 N–H and O–H groups in total. The van der Waals surface area contributed by atoms with Gasteiger partial charge in [0.15, 0.2) is 11.6 Å². The molecule has 0 fully saturated rings. The molecule has 1 aromatic carbocycles. The lowest BCUT2D eigenvalue weighted by molar-refractivity contribution is -0.123. The monoisotopic (exact) mass is 348 g/mol. The molecule has 1 aromatic heterocycles. The number of carbonyl (C=O) groups is 2. The fourth-order valence-electron chi connectivity index (χ4n) is 4.86. The number of allylic oxidation sites excluding steroid dienone is 1. The second-order valence-electron chi connectivity index (χ2n) is 8.24. The highest BCUT2D eigenvalue weighted by Gasteiger charge is 2.59. The fraction of sp³-hybridized carbons (Fsp3) is 0.350. The highest BCUT2D eigenvalue weighted by molar-refractivity contribution is 6.20. The highest BCUT2D eigenvalue weighted by Crippen LogP contribution is 2.56. The number of aromatic nitrogens is 2. The Balaban J connectivity index is 1.91. The summed E-state index contributed by atoms with van der Waals surface area (Å²) in [7, 11) is 0. The predicted molar refractivity (Wildman–Crippen MR) is 97.8 cm³/mol. The Labute approximate surface area is 151 Å². The van der Waals surface area contributed by atoms with Crippen LogP contribution in [0.3, 0.4) is 0 Å². The van der Waals surface area contributed by atoms with Crippen LogP contribution in [0, 0.1) is 12.3 Å². The molecule has 26 heavy (non-hydrogen) atoms. The van der Waals surface area contributed by atoms with E-state index in [0.717, 1.165) is 28.2 Å². The number of para-hydroxylation sites is 1. The van der Waals surface area contributed by atoms with Crippen molar-refractivity contribution in [3.05, 3.63) is 52.4 Å². The minimum Gasteiger partial charge on any atom is -0.342 e. The maximum atomic E-state index is 13.4. The van der Waals surface area contributed by atoms with Crippen LogP contribution in [0.4, 0.5) is 11.5 Å². The molecular weight excluding hydrogens is 328 g/mol. The van der Waals surface area contributed by atoms with Crippen molar-refractivity contribution in [2.24, 2.45) is 5.41 Å². The average molecular weight is 348 g/mol. The molecule has 0 bridgehead atoms. The largest absolute Gasteiger partial charge is 0.342 e. The van der Waals surface area contributed by atoms with Gasteiger partial charge in [-0.25, -0.2) is 0 Å². The first-order chi connectivity index (χ1) is 12.3. The summed E-state index contributed by atoms with van der Waals surface area (Å²) in [6, 6.07) is 7.63. The van der Waals surface area contributed by atoms with Gasteiger partial charge in [-0.15, -0.1) is 0 Å². The molecular formula is C20H20N4O2. The lowest BCUT2D eigenvalue weighted by Crippen LogP contribution is -2.47. The molecule has 0 saturated carbocycles. The number of aryl methyl sites for hydroxylation is 1. The van der Waals surface area contributed by atoms with Gasteiger partial charge in [0.2, 0.25) is 5.91 Å². The average Bonchev–Trinajstić information content (AvgIpc) is 3.05. The lowest BCUT2D eigenvalue weighted by Gasteiger charge is -2.42. The Morgan fingerprint density at radius 1 is 1.08 bits per heavy atom. The molecule has 1 spiro atoms. The zero-order chi connectivity index (χ0) is 18.3. The molecule has 2 aromatic rings. The van der Waals surface area contributed by atoms with Crippen LogP contribution in [-0.4, -0.2) is 21.9 Å². The topological polar surface area (TPSA) is 86.9 Å². The van der Waals surface area contributed by atoms with E-state index in [1.54, 1.807) is 0 Å². The number of H-pyrrole nitrogens is 1. The smallest absolute Gasteiger partial charge is 0.244 e. The number of rotatable bonds is 0. The third kappa shape index (κ3) is 1.69. The van der Waals surface area contributed by atoms with Gasteiger partial charge in [0.25, 0.3) is 0 Å². The zero-order valence-corrected chi connectivity index (χ0v) is 15.0. The van der Waals surface area contributed by atoms with Gasteiger partial charge in [0.05, 0.1) is 0 Å². The number of nitrogens with zero attached hydrogens (tertiary/aromatic N) is 1. The van der Waals surface area contributed by atoms with E-state index in [1.807, 2.05) is 31.2 Å². The van der Waals surface area contributed by atoms with E-state index in [0.29, 0.717) is 24.2 Å². The minimum atomic E-state index is -1.13. The van der Waals surface area contributed by atoms with Crippen molar-refractivity contribution in [2.75, 3.05) is 10.6 Å². The van der Waals surface area contributed by atoms with Gasteiger partial charge in [-0.05, 0) is 24.8 Å². The van der Waals surface area contributed by atoms with Crippen molar-refractivity contribution in [1.29, 1.82) is 0 Å². The second kappa shape index (κ2) is 4.63. The number of benzene rings is 1. The van der Waals surface area contributed by atoms with E-state index >= 15 is 0 Å². The molecule has 132 valence electrons. The van der Waals surface area contributed by atoms with Crippen LogP contribution >= 0.6 is 0 Å². The Morgan fingerprint density at radius 3 is 2.65 bits per heavy atom. The van der Waals surface area contributed by atoms with Gasteiger partial charge in [0.1, 0.15) is 5.41 Å². The van der Waals surface area contributed by atoms with E-state index < -0.39 is 5.41 Å². The van der Waals surface area contributed by atoms with Gasteiger partial charge in [0, 0.05) is 40.2 Å². The van der Waals surface area contributed by atoms with Gasteiger partial charge in [-0.3, -0.25) is 14.7 Å². The molecule has 1 atom stereocenters. The van der Waals surface area contributed by atoms with Crippen molar-refractivity contribution in [3.8, 4) is 0 Å². The molecule has 1 aliphatic carbocycles. The highest BCUT2D eigenvalue weighted by atomic mass is 16.2. The Kier molecular flexibility index (Phi) is 2.74. The SMILES string of the molecule is Cc1[nH]nc2c1C1(C(=O)Nc3ccccc31)C1=C(CC(C)(C)CC1=O)N2. The summed E-state index contributed by atoms with van der Waals surface area (Å²) in [5.41, 5.74) is 3.26. The molecule has 6 heteroatoms. The van der Waals surface area contributed by atoms with Crippen LogP contribution in [0.5, 0.6) is 0 Å². The number of hydrogen-bond donors (Lipinski definition) is 3. The zero-order valence-electron chi connectivity index (χ0n) is 15.0. The molecule has 3 aliphatic rings. The predicted octanol–water partition coefficient (Wildman–Crippen LogP) is 3.03. The molecule has 2 aliphatic heterocycles. The van der Waals surface area contributed by atoms with E-state index in [1.165, 1.54) is 0 Å². The molecule has 1 unspecified atom stereocenters. The summed E-state index contributed by atoms with van der Waals surface area (Å²) in [5, 5.41) is 13.7. The number of anilines is 2. The van der Waals surface area contributed by atoms with Crippen LogP contribution in [-0.2, 0) is 15.0 Å². The number of amides is 1. The number of carbonyl (C=O) groups excluding carboxylic acids is 2. The third-order valence-electron chi connectivity index (χ3n) is 5.76. The van der Waals surface area contributed by atoms with Crippen LogP contribution in [0.1, 0.15) is 43.5 Å². The second-order valence-corrected chi connectivity index (χ2v) is 8.24. The number of ketones is 1. The summed E-state index contributed by atoms with van der Waals surface area (Å²) in [5.74, 6) is 0.493. The van der Waals surface area contributed by atoms with Crippen LogP contribution in [0.25, 0.3) is 0 Å². The number of fused-ring (bicyclic) bond motifs is 5. The number of nitrogens with one attached hydrogen (secondary N) is 3. The third-order valence-corrected chi connectivity index (χ3v) is 5.76. The van der Waals surface area contributed by atoms with Gasteiger partial charge >= 0.3 is 0 Å². The van der Waals surface area contributed by atoms with Crippen molar-refractivity contribution in [1.82, 2.24) is 10.2 Å². The van der Waals surface area contributed by atoms with Gasteiger partial charge < -0.3 is 10.6 Å². The van der Waals surface area contributed by atoms with E-state index in [9.17, 15) is 9.59 Å². The number of hydrogen-bond acceptors (Lipinski definition) is 4. The first kappa shape index (κ1) is 15.4. The molecule has 5 rings (SSSR count). The first-order valence-corrected chi connectivity index (χ1v) is 8.85. The van der Waals surface area contributed by atoms with Crippen molar-refractivity contribution >= 4 is 23.2 Å². The molecule has 6 nitrogen and oxygen atoms in total. The Hall–Kier alpha value is -2.89. The van der Waals surface area contributed by atoms with E-state index in [2.05, 4.69) is 34.7 Å². The minimum absolute atomic E-state index is 0.0295. The normalized spacial score (nSPS) is 25.5. The standard InChI is InChI=1S/C20H20N4O2/c1-10-15-17(24-23-10)21-13-8-19(2,3)9-14(25)16(13)20(15)11-6-4-5-7-12(11)22-18(20)26/h4-7H,8-9H2,1-3H3,(H,22,26)(H2,21,23,24). The fourth-order valence-corrected chi connectivity index (χ4v) is 4.86. The summed E-state index contributed by atoms with van der Waals surface area (Å²) in [6.07, 6.45) is 1.13. The quantitative estimate of drug-likeness (QED) is 0.683. The summed E-state index contributed by atoms with van der Waals surface area (Å²) in [6.45, 7) is 6.06. The first-order valence-electron chi connectivity index (χ1n) is 8.85. The Morgan fingerprint density at radius 2 is 1.85 bits per heavy atom. The Bertz CT molecular complexity index is 1030. The van der Waals surface area contributed by atoms with Gasteiger partial charge in [-0.2, -0.15) is 5.10 Å². The number of Topliss-reactive ketones (excluding diaryl/α,β-unsaturated/α-hetero) is 1. The summed E-state index contributed by atoms with van der Waals surface area (Å²) < 4.78 is 0. The lowest BCUT2D eigenvalue weighted by atomic mass is 9.61. The van der Waals surface area contributed by atoms with Crippen molar-refractivity contribution < 1.29 is 9.59 Å². The maximum Gasteiger partial charge on any atom is 0.244 e. The molecule has 0 radical (unpaired) electrons. The molecule has 3 heterocycles. The van der Waals surface area contributed by atoms with Crippen LogP contribution < -0.4 is 10.6 Å². The van der Waals surface area contributed by atoms with Crippen LogP contribution in [0.15, 0.2) is 35.5 Å². The summed E-state index contributed by atoms with van der Waals surface area (Å²) >= 11 is 0. The van der Waals surface area contributed by atoms with E-state index in [4.69, 9.17) is 0 Å². The van der Waals surface area contributed by atoms with Crippen LogP contribution in [0.2, 0.25) is 0 Å². The molecule has 1 amide bonds. The summed E-state index contributed by atoms with van der Waals surface area (Å²) in [4.78, 5) is 26.7. The van der Waals surface area contributed by atoms with Crippen molar-refractivity contribution in [2.45, 2.75) is 39.0 Å². The molecule has 0 saturated heterocycles.